The van der Waals surface area contributed by atoms with E-state index in [1.807, 2.05) is 12.2 Å². The molecule has 1 atom stereocenters. The lowest BCUT2D eigenvalue weighted by Gasteiger charge is -2.08. The highest BCUT2D eigenvalue weighted by molar-refractivity contribution is 5.67. The van der Waals surface area contributed by atoms with Crippen molar-refractivity contribution in [2.45, 2.75) is 72.1 Å². The average molecular weight is 368 g/mol. The van der Waals surface area contributed by atoms with Crippen LogP contribution in [0, 0.1) is 6.92 Å². The topological polar surface area (TPSA) is 15.8 Å². The Kier molecular flexibility index (Phi) is 8.57. The molecule has 27 heavy (non-hydrogen) atoms. The Balaban J connectivity index is 0.000000244. The normalized spacial score (nSPS) is 13.9. The van der Waals surface area contributed by atoms with Gasteiger partial charge in [0.05, 0.1) is 0 Å². The number of H-pyrrole nitrogens is 1. The quantitative estimate of drug-likeness (QED) is 0.498. The monoisotopic (exact) mass is 367 g/mol. The minimum absolute atomic E-state index is 0.0609. The molecule has 1 aromatic carbocycles. The lowest BCUT2D eigenvalue weighted by molar-refractivity contribution is 0.590. The lowest BCUT2D eigenvalue weighted by atomic mass is 10.00. The van der Waals surface area contributed by atoms with Gasteiger partial charge < -0.3 is 4.98 Å². The number of aryl methyl sites for hydroxylation is 2. The molecule has 0 saturated heterocycles. The standard InChI is InChI=1S/C16H22FN.C9H12/c1-3-4-5-7-12(2)16-11-13-10-14(17)8-6-9-15(13)18-16;1-3-9-6-4-5-8(2)7-9/h6,9-12,18H,3-5,7-8H2,1-2H3;4-7H,3H2,1-2H3. The first-order valence-electron chi connectivity index (χ1n) is 10.3. The number of aromatic amines is 1. The van der Waals surface area contributed by atoms with Crippen molar-refractivity contribution in [3.8, 4) is 0 Å². The van der Waals surface area contributed by atoms with Crippen LogP contribution in [0.3, 0.4) is 0 Å². The zero-order valence-corrected chi connectivity index (χ0v) is 17.3. The van der Waals surface area contributed by atoms with Crippen LogP contribution in [0.25, 0.3) is 12.2 Å². The Bertz CT molecular complexity index is 766. The number of halogens is 1. The minimum atomic E-state index is -0.0609. The Morgan fingerprint density at radius 1 is 1.15 bits per heavy atom. The first kappa shape index (κ1) is 21.2. The van der Waals surface area contributed by atoms with Gasteiger partial charge in [-0.15, -0.1) is 0 Å². The van der Waals surface area contributed by atoms with Crippen LogP contribution in [-0.4, -0.2) is 4.98 Å². The van der Waals surface area contributed by atoms with Gasteiger partial charge in [0, 0.05) is 23.4 Å². The van der Waals surface area contributed by atoms with Crippen molar-refractivity contribution >= 4 is 12.2 Å². The SMILES string of the molecule is CCCCCC(C)c1cc2c([nH]1)C=CCC(F)=C2.CCc1cccc(C)c1. The molecule has 0 bridgehead atoms. The molecule has 1 aliphatic carbocycles. The average Bonchev–Trinajstić information content (AvgIpc) is 2.96. The van der Waals surface area contributed by atoms with Gasteiger partial charge in [-0.2, -0.15) is 0 Å². The zero-order chi connectivity index (χ0) is 19.6. The fourth-order valence-corrected chi connectivity index (χ4v) is 3.34. The maximum absolute atomic E-state index is 13.4. The summed E-state index contributed by atoms with van der Waals surface area (Å²) in [5.74, 6) is 0.461. The Morgan fingerprint density at radius 2 is 1.96 bits per heavy atom. The van der Waals surface area contributed by atoms with Crippen LogP contribution in [0.15, 0.2) is 42.2 Å². The van der Waals surface area contributed by atoms with Crippen LogP contribution in [0.5, 0.6) is 0 Å². The molecule has 1 unspecified atom stereocenters. The van der Waals surface area contributed by atoms with Gasteiger partial charge in [0.15, 0.2) is 0 Å². The molecule has 2 heteroatoms. The summed E-state index contributed by atoms with van der Waals surface area (Å²) in [6.45, 7) is 8.76. The number of unbranched alkanes of at least 4 members (excludes halogenated alkanes) is 2. The van der Waals surface area contributed by atoms with Crippen molar-refractivity contribution in [2.24, 2.45) is 0 Å². The van der Waals surface area contributed by atoms with Gasteiger partial charge in [0.2, 0.25) is 0 Å². The third-order valence-electron chi connectivity index (χ3n) is 5.07. The highest BCUT2D eigenvalue weighted by Crippen LogP contribution is 2.28. The van der Waals surface area contributed by atoms with Gasteiger partial charge >= 0.3 is 0 Å². The molecule has 2 aromatic rings. The summed E-state index contributed by atoms with van der Waals surface area (Å²) in [5.41, 5.74) is 6.04. The van der Waals surface area contributed by atoms with Crippen molar-refractivity contribution in [1.29, 1.82) is 0 Å². The van der Waals surface area contributed by atoms with Crippen LogP contribution in [-0.2, 0) is 6.42 Å². The molecule has 1 N–H and O–H groups in total. The van der Waals surface area contributed by atoms with Crippen LogP contribution in [0.2, 0.25) is 0 Å². The van der Waals surface area contributed by atoms with Gasteiger partial charge in [0.1, 0.15) is 5.83 Å². The molecule has 0 saturated carbocycles. The highest BCUT2D eigenvalue weighted by Gasteiger charge is 2.12. The molecular formula is C25H34FN. The molecule has 1 aliphatic rings. The van der Waals surface area contributed by atoms with Gasteiger partial charge in [-0.05, 0) is 49.5 Å². The van der Waals surface area contributed by atoms with E-state index >= 15 is 0 Å². The van der Waals surface area contributed by atoms with Crippen LogP contribution in [0.1, 0.15) is 86.9 Å². The number of aromatic nitrogens is 1. The maximum Gasteiger partial charge on any atom is 0.104 e. The van der Waals surface area contributed by atoms with Crippen LogP contribution < -0.4 is 0 Å². The second-order valence-corrected chi connectivity index (χ2v) is 7.53. The second kappa shape index (κ2) is 10.9. The number of allylic oxidation sites excluding steroid dienone is 2. The van der Waals surface area contributed by atoms with Crippen molar-refractivity contribution in [3.05, 3.63) is 70.3 Å². The summed E-state index contributed by atoms with van der Waals surface area (Å²) in [6, 6.07) is 10.7. The number of rotatable bonds is 6. The molecule has 0 amide bonds. The summed E-state index contributed by atoms with van der Waals surface area (Å²) in [4.78, 5) is 3.42. The molecule has 0 aliphatic heterocycles. The Hall–Kier alpha value is -2.09. The predicted octanol–water partition coefficient (Wildman–Crippen LogP) is 7.98. The third kappa shape index (κ3) is 6.86. The zero-order valence-electron chi connectivity index (χ0n) is 17.3. The van der Waals surface area contributed by atoms with Crippen molar-refractivity contribution in [1.82, 2.24) is 4.98 Å². The number of benzene rings is 1. The fraction of sp³-hybridized carbons (Fsp3) is 0.440. The Labute approximate surface area is 164 Å². The van der Waals surface area contributed by atoms with E-state index in [-0.39, 0.29) is 5.83 Å². The Morgan fingerprint density at radius 3 is 2.63 bits per heavy atom. The molecule has 3 rings (SSSR count). The fourth-order valence-electron chi connectivity index (χ4n) is 3.34. The molecular weight excluding hydrogens is 333 g/mol. The van der Waals surface area contributed by atoms with E-state index in [1.54, 1.807) is 6.08 Å². The number of hydrogen-bond acceptors (Lipinski definition) is 0. The van der Waals surface area contributed by atoms with E-state index in [2.05, 4.69) is 63.0 Å². The largest absolute Gasteiger partial charge is 0.358 e. The number of nitrogens with one attached hydrogen (secondary N) is 1. The van der Waals surface area contributed by atoms with Gasteiger partial charge in [-0.3, -0.25) is 0 Å². The molecule has 146 valence electrons. The van der Waals surface area contributed by atoms with Crippen molar-refractivity contribution in [3.63, 3.8) is 0 Å². The number of hydrogen-bond donors (Lipinski definition) is 1. The van der Waals surface area contributed by atoms with E-state index in [1.165, 1.54) is 42.5 Å². The van der Waals surface area contributed by atoms with Crippen LogP contribution >= 0.6 is 0 Å². The first-order valence-corrected chi connectivity index (χ1v) is 10.3. The van der Waals surface area contributed by atoms with E-state index < -0.39 is 0 Å². The van der Waals surface area contributed by atoms with Gasteiger partial charge in [0.25, 0.3) is 0 Å². The first-order chi connectivity index (χ1) is 13.0. The highest BCUT2D eigenvalue weighted by atomic mass is 19.1. The van der Waals surface area contributed by atoms with Gasteiger partial charge in [-0.25, -0.2) is 4.39 Å². The summed E-state index contributed by atoms with van der Waals surface area (Å²) in [7, 11) is 0. The minimum Gasteiger partial charge on any atom is -0.358 e. The molecule has 1 heterocycles. The molecule has 1 nitrogen and oxygen atoms in total. The van der Waals surface area contributed by atoms with E-state index in [0.29, 0.717) is 12.3 Å². The lowest BCUT2D eigenvalue weighted by Crippen LogP contribution is -1.94. The number of fused-ring (bicyclic) bond motifs is 1. The summed E-state index contributed by atoms with van der Waals surface area (Å²) in [5, 5.41) is 0. The van der Waals surface area contributed by atoms with Crippen molar-refractivity contribution in [2.75, 3.05) is 0 Å². The van der Waals surface area contributed by atoms with E-state index in [4.69, 9.17) is 0 Å². The summed E-state index contributed by atoms with van der Waals surface area (Å²) >= 11 is 0. The van der Waals surface area contributed by atoms with E-state index in [0.717, 1.165) is 17.7 Å². The van der Waals surface area contributed by atoms with E-state index in [9.17, 15) is 4.39 Å². The second-order valence-electron chi connectivity index (χ2n) is 7.53. The van der Waals surface area contributed by atoms with Gasteiger partial charge in [-0.1, -0.05) is 75.9 Å². The van der Waals surface area contributed by atoms with Crippen LogP contribution in [0.4, 0.5) is 4.39 Å². The molecule has 0 spiro atoms. The molecule has 1 aromatic heterocycles. The predicted molar refractivity (Wildman–Crippen MR) is 117 cm³/mol. The molecule has 0 fully saturated rings. The third-order valence-corrected chi connectivity index (χ3v) is 5.07. The smallest absolute Gasteiger partial charge is 0.104 e. The summed E-state index contributed by atoms with van der Waals surface area (Å²) < 4.78 is 13.4. The van der Waals surface area contributed by atoms with Crippen molar-refractivity contribution < 1.29 is 4.39 Å². The summed E-state index contributed by atoms with van der Waals surface area (Å²) in [6.07, 6.45) is 12.1. The maximum atomic E-state index is 13.4. The molecule has 0 radical (unpaired) electrons.